The number of nitrogens with one attached hydrogen (secondary N) is 3. The molecule has 0 aliphatic carbocycles. The third-order valence-electron chi connectivity index (χ3n) is 4.80. The van der Waals surface area contributed by atoms with E-state index < -0.39 is 18.1 Å². The summed E-state index contributed by atoms with van der Waals surface area (Å²) in [5.74, 6) is -1.08. The number of H-pyrrole nitrogens is 1. The smallest absolute Gasteiger partial charge is 0.268 e. The van der Waals surface area contributed by atoms with Crippen LogP contribution in [0.3, 0.4) is 0 Å². The predicted molar refractivity (Wildman–Crippen MR) is 112 cm³/mol. The van der Waals surface area contributed by atoms with Gasteiger partial charge in [-0.15, -0.1) is 11.3 Å². The van der Waals surface area contributed by atoms with Gasteiger partial charge in [0.05, 0.1) is 21.3 Å². The van der Waals surface area contributed by atoms with Crippen LogP contribution in [0.4, 0.5) is 5.69 Å². The largest absolute Gasteiger partial charge is 0.393 e. The van der Waals surface area contributed by atoms with E-state index in [1.165, 1.54) is 11.3 Å². The van der Waals surface area contributed by atoms with Crippen LogP contribution in [0, 0.1) is 0 Å². The van der Waals surface area contributed by atoms with Gasteiger partial charge in [-0.05, 0) is 31.0 Å². The van der Waals surface area contributed by atoms with Crippen molar-refractivity contribution < 1.29 is 14.7 Å². The lowest BCUT2D eigenvalue weighted by Crippen LogP contribution is -2.50. The van der Waals surface area contributed by atoms with E-state index in [2.05, 4.69) is 15.6 Å². The lowest BCUT2D eigenvalue weighted by Gasteiger charge is -2.34. The van der Waals surface area contributed by atoms with Crippen molar-refractivity contribution in [1.82, 2.24) is 10.3 Å². The Hall–Kier alpha value is -2.06. The van der Waals surface area contributed by atoms with Crippen LogP contribution in [0.5, 0.6) is 0 Å². The minimum Gasteiger partial charge on any atom is -0.393 e. The summed E-state index contributed by atoms with van der Waals surface area (Å²) in [6.45, 7) is 1.67. The second-order valence-corrected chi connectivity index (χ2v) is 8.86. The fourth-order valence-corrected chi connectivity index (χ4v) is 5.05. The Balaban J connectivity index is 1.64. The Labute approximate surface area is 174 Å². The highest BCUT2D eigenvalue weighted by atomic mass is 35.5. The second-order valence-electron chi connectivity index (χ2n) is 6.83. The van der Waals surface area contributed by atoms with Crippen LogP contribution in [0.1, 0.15) is 35.3 Å². The summed E-state index contributed by atoms with van der Waals surface area (Å²) in [4.78, 5) is 28.5. The number of anilines is 1. The molecule has 1 aromatic carbocycles. The van der Waals surface area contributed by atoms with Gasteiger partial charge in [-0.3, -0.25) is 9.59 Å². The van der Waals surface area contributed by atoms with Crippen molar-refractivity contribution in [2.45, 2.75) is 31.4 Å². The number of hydrogen-bond donors (Lipinski definition) is 4. The van der Waals surface area contributed by atoms with Gasteiger partial charge in [-0.1, -0.05) is 41.4 Å². The number of aliphatic hydroxyl groups is 1. The van der Waals surface area contributed by atoms with E-state index in [-0.39, 0.29) is 11.8 Å². The first kappa shape index (κ1) is 19.3. The molecule has 6 nitrogen and oxygen atoms in total. The predicted octanol–water partition coefficient (Wildman–Crippen LogP) is 4.14. The first-order chi connectivity index (χ1) is 13.3. The summed E-state index contributed by atoms with van der Waals surface area (Å²) in [6.07, 6.45) is -0.281. The zero-order valence-electron chi connectivity index (χ0n) is 14.8. The van der Waals surface area contributed by atoms with Gasteiger partial charge in [0.15, 0.2) is 0 Å². The number of fused-ring (bicyclic) bond motifs is 2. The molecule has 146 valence electrons. The highest BCUT2D eigenvalue weighted by Gasteiger charge is 2.37. The first-order valence-corrected chi connectivity index (χ1v) is 10.3. The average molecular weight is 438 g/mol. The molecule has 9 heteroatoms. The van der Waals surface area contributed by atoms with Gasteiger partial charge in [-0.25, -0.2) is 0 Å². The zero-order valence-corrected chi connectivity index (χ0v) is 17.1. The number of aliphatic hydroxyl groups excluding tert-OH is 1. The molecular weight excluding hydrogens is 421 g/mol. The molecule has 0 bridgehead atoms. The van der Waals surface area contributed by atoms with Crippen molar-refractivity contribution in [3.05, 3.63) is 50.9 Å². The third kappa shape index (κ3) is 3.39. The molecule has 4 N–H and O–H groups in total. The zero-order chi connectivity index (χ0) is 20.0. The van der Waals surface area contributed by atoms with E-state index in [0.717, 1.165) is 10.3 Å². The van der Waals surface area contributed by atoms with Gasteiger partial charge < -0.3 is 20.7 Å². The number of para-hydroxylation sites is 1. The van der Waals surface area contributed by atoms with Crippen LogP contribution in [0.2, 0.25) is 9.36 Å². The SMILES string of the molecule is CC(O)C[C@H]1c2ccccc2NC(=O)[C@@H]1NC(=O)c1cc2sc(Cl)c(Cl)c2[nH]1. The van der Waals surface area contributed by atoms with E-state index in [0.29, 0.717) is 32.7 Å². The van der Waals surface area contributed by atoms with Crippen molar-refractivity contribution in [2.24, 2.45) is 0 Å². The molecule has 28 heavy (non-hydrogen) atoms. The number of carbonyl (C=O) groups is 2. The third-order valence-corrected chi connectivity index (χ3v) is 6.73. The Morgan fingerprint density at radius 1 is 1.36 bits per heavy atom. The molecule has 3 aromatic rings. The average Bonchev–Trinajstić information content (AvgIpc) is 3.17. The van der Waals surface area contributed by atoms with Gasteiger partial charge in [0, 0.05) is 11.6 Å². The summed E-state index contributed by atoms with van der Waals surface area (Å²) in [5.41, 5.74) is 2.48. The number of hydrogen-bond acceptors (Lipinski definition) is 4. The number of thiophene rings is 1. The number of carbonyl (C=O) groups excluding carboxylic acids is 2. The van der Waals surface area contributed by atoms with Crippen LogP contribution in [0.15, 0.2) is 30.3 Å². The number of rotatable bonds is 4. The molecule has 0 saturated heterocycles. The number of halogens is 2. The molecule has 0 saturated carbocycles. The van der Waals surface area contributed by atoms with E-state index in [9.17, 15) is 14.7 Å². The molecule has 3 heterocycles. The lowest BCUT2D eigenvalue weighted by molar-refractivity contribution is -0.119. The molecule has 1 aliphatic rings. The van der Waals surface area contributed by atoms with Crippen LogP contribution in [-0.4, -0.2) is 34.1 Å². The Kier molecular flexibility index (Phi) is 5.09. The highest BCUT2D eigenvalue weighted by Crippen LogP contribution is 2.39. The topological polar surface area (TPSA) is 94.2 Å². The highest BCUT2D eigenvalue weighted by molar-refractivity contribution is 7.23. The quantitative estimate of drug-likeness (QED) is 0.493. The fraction of sp³-hybridized carbons (Fsp3) is 0.263. The molecule has 2 amide bonds. The maximum Gasteiger partial charge on any atom is 0.268 e. The molecule has 1 unspecified atom stereocenters. The van der Waals surface area contributed by atoms with Crippen LogP contribution in [-0.2, 0) is 4.79 Å². The molecular formula is C19H17Cl2N3O3S. The summed E-state index contributed by atoms with van der Waals surface area (Å²) in [6, 6.07) is 8.26. The number of aromatic amines is 1. The first-order valence-electron chi connectivity index (χ1n) is 8.70. The van der Waals surface area contributed by atoms with Gasteiger partial charge in [0.25, 0.3) is 5.91 Å². The van der Waals surface area contributed by atoms with Crippen LogP contribution < -0.4 is 10.6 Å². The minimum absolute atomic E-state index is 0.294. The standard InChI is InChI=1S/C19H17Cl2N3O3S/c1-8(25)6-10-9-4-2-3-5-11(9)23-19(27)15(10)24-18(26)12-7-13-16(22-12)14(20)17(21)28-13/h2-5,7-8,10,15,22,25H,6H2,1H3,(H,23,27)(H,24,26)/t8?,10-,15+/m0/s1. The van der Waals surface area contributed by atoms with E-state index in [1.54, 1.807) is 13.0 Å². The Morgan fingerprint density at radius 3 is 2.82 bits per heavy atom. The molecule has 1 aliphatic heterocycles. The van der Waals surface area contributed by atoms with Crippen LogP contribution in [0.25, 0.3) is 10.2 Å². The molecule has 0 spiro atoms. The van der Waals surface area contributed by atoms with Gasteiger partial charge in [0.1, 0.15) is 16.1 Å². The summed E-state index contributed by atoms with van der Waals surface area (Å²) in [7, 11) is 0. The van der Waals surface area contributed by atoms with Crippen molar-refractivity contribution in [1.29, 1.82) is 0 Å². The van der Waals surface area contributed by atoms with Gasteiger partial charge in [-0.2, -0.15) is 0 Å². The van der Waals surface area contributed by atoms with E-state index >= 15 is 0 Å². The molecule has 0 radical (unpaired) electrons. The maximum atomic E-state index is 12.8. The molecule has 3 atom stereocenters. The lowest BCUT2D eigenvalue weighted by atomic mass is 9.82. The summed E-state index contributed by atoms with van der Waals surface area (Å²) >= 11 is 13.4. The summed E-state index contributed by atoms with van der Waals surface area (Å²) < 4.78 is 1.22. The monoisotopic (exact) mass is 437 g/mol. The second kappa shape index (κ2) is 7.40. The number of benzene rings is 1. The van der Waals surface area contributed by atoms with Gasteiger partial charge in [0.2, 0.25) is 5.91 Å². The minimum atomic E-state index is -0.808. The summed E-state index contributed by atoms with van der Waals surface area (Å²) in [5, 5.41) is 15.9. The Morgan fingerprint density at radius 2 is 2.11 bits per heavy atom. The van der Waals surface area contributed by atoms with Crippen molar-refractivity contribution >= 4 is 62.3 Å². The van der Waals surface area contributed by atoms with Crippen molar-refractivity contribution in [3.8, 4) is 0 Å². The molecule has 0 fully saturated rings. The normalized spacial score (nSPS) is 19.9. The van der Waals surface area contributed by atoms with Crippen LogP contribution >= 0.6 is 34.5 Å². The number of amides is 2. The van der Waals surface area contributed by atoms with E-state index in [4.69, 9.17) is 23.2 Å². The molecule has 2 aromatic heterocycles. The van der Waals surface area contributed by atoms with E-state index in [1.807, 2.05) is 24.3 Å². The van der Waals surface area contributed by atoms with Crippen molar-refractivity contribution in [2.75, 3.05) is 5.32 Å². The molecule has 4 rings (SSSR count). The Bertz CT molecular complexity index is 1080. The number of aromatic nitrogens is 1. The maximum absolute atomic E-state index is 12.8. The van der Waals surface area contributed by atoms with Gasteiger partial charge >= 0.3 is 0 Å². The fourth-order valence-electron chi connectivity index (χ4n) is 3.56. The van der Waals surface area contributed by atoms with Crippen molar-refractivity contribution in [3.63, 3.8) is 0 Å².